The molecule has 0 aliphatic carbocycles. The van der Waals surface area contributed by atoms with Crippen molar-refractivity contribution in [3.8, 4) is 0 Å². The third-order valence-corrected chi connectivity index (χ3v) is 2.44. The molecule has 0 heterocycles. The highest BCUT2D eigenvalue weighted by atomic mass is 32.1. The van der Waals surface area contributed by atoms with Gasteiger partial charge < -0.3 is 0 Å². The summed E-state index contributed by atoms with van der Waals surface area (Å²) < 4.78 is 0. The second-order valence-electron chi connectivity index (χ2n) is 4.41. The van der Waals surface area contributed by atoms with E-state index in [4.69, 9.17) is 0 Å². The summed E-state index contributed by atoms with van der Waals surface area (Å²) in [5.41, 5.74) is 0. The van der Waals surface area contributed by atoms with Crippen molar-refractivity contribution in [2.24, 2.45) is 17.8 Å². The fourth-order valence-electron chi connectivity index (χ4n) is 1.55. The van der Waals surface area contributed by atoms with Crippen LogP contribution in [-0.4, -0.2) is 17.3 Å². The van der Waals surface area contributed by atoms with E-state index in [0.717, 1.165) is 0 Å². The van der Waals surface area contributed by atoms with E-state index >= 15 is 0 Å². The van der Waals surface area contributed by atoms with Crippen LogP contribution in [0.25, 0.3) is 0 Å². The highest BCUT2D eigenvalue weighted by Crippen LogP contribution is 2.18. The summed E-state index contributed by atoms with van der Waals surface area (Å²) in [5, 5.41) is 0. The maximum Gasteiger partial charge on any atom is 0.153 e. The summed E-state index contributed by atoms with van der Waals surface area (Å²) in [6.45, 7) is 7.79. The van der Waals surface area contributed by atoms with E-state index in [0.29, 0.717) is 12.3 Å². The number of carbonyl (C=O) groups excluding carboxylic acids is 2. The Hall–Kier alpha value is -0.310. The van der Waals surface area contributed by atoms with Crippen molar-refractivity contribution < 1.29 is 9.59 Å². The SMILES string of the molecule is CC(C)CC(=O)C(C(=O)CS)C(C)C. The number of hydrogen-bond donors (Lipinski definition) is 1. The zero-order valence-corrected chi connectivity index (χ0v) is 10.3. The van der Waals surface area contributed by atoms with Crippen LogP contribution in [0.2, 0.25) is 0 Å². The molecule has 0 aliphatic rings. The molecule has 0 aromatic rings. The van der Waals surface area contributed by atoms with E-state index in [1.807, 2.05) is 27.7 Å². The van der Waals surface area contributed by atoms with E-state index < -0.39 is 5.92 Å². The van der Waals surface area contributed by atoms with Crippen LogP contribution in [0.3, 0.4) is 0 Å². The van der Waals surface area contributed by atoms with Crippen molar-refractivity contribution in [2.45, 2.75) is 34.1 Å². The minimum atomic E-state index is -0.449. The zero-order valence-electron chi connectivity index (χ0n) is 9.41. The van der Waals surface area contributed by atoms with Gasteiger partial charge >= 0.3 is 0 Å². The lowest BCUT2D eigenvalue weighted by molar-refractivity contribution is -0.133. The van der Waals surface area contributed by atoms with Crippen LogP contribution < -0.4 is 0 Å². The Balaban J connectivity index is 4.50. The molecule has 0 fully saturated rings. The van der Waals surface area contributed by atoms with Crippen molar-refractivity contribution in [1.29, 1.82) is 0 Å². The highest BCUT2D eigenvalue weighted by Gasteiger charge is 2.28. The van der Waals surface area contributed by atoms with Crippen molar-refractivity contribution in [3.63, 3.8) is 0 Å². The van der Waals surface area contributed by atoms with Gasteiger partial charge in [-0.05, 0) is 11.8 Å². The zero-order chi connectivity index (χ0) is 11.3. The highest BCUT2D eigenvalue weighted by molar-refractivity contribution is 7.81. The van der Waals surface area contributed by atoms with E-state index in [-0.39, 0.29) is 23.2 Å². The Labute approximate surface area is 91.9 Å². The quantitative estimate of drug-likeness (QED) is 0.546. The molecule has 14 heavy (non-hydrogen) atoms. The van der Waals surface area contributed by atoms with E-state index in [1.165, 1.54) is 0 Å². The molecule has 0 aromatic carbocycles. The van der Waals surface area contributed by atoms with Crippen LogP contribution in [0.15, 0.2) is 0 Å². The van der Waals surface area contributed by atoms with Gasteiger partial charge in [0.25, 0.3) is 0 Å². The largest absolute Gasteiger partial charge is 0.299 e. The lowest BCUT2D eigenvalue weighted by Crippen LogP contribution is -2.30. The summed E-state index contributed by atoms with van der Waals surface area (Å²) >= 11 is 3.93. The van der Waals surface area contributed by atoms with Gasteiger partial charge in [-0.3, -0.25) is 9.59 Å². The van der Waals surface area contributed by atoms with Crippen LogP contribution in [0, 0.1) is 17.8 Å². The van der Waals surface area contributed by atoms with E-state index in [1.54, 1.807) is 0 Å². The predicted octanol–water partition coefficient (Wildman–Crippen LogP) is 2.37. The van der Waals surface area contributed by atoms with Crippen LogP contribution >= 0.6 is 12.6 Å². The first-order chi connectivity index (χ1) is 6.40. The Bertz CT molecular complexity index is 209. The molecule has 0 rings (SSSR count). The molecule has 0 spiro atoms. The van der Waals surface area contributed by atoms with Crippen LogP contribution in [-0.2, 0) is 9.59 Å². The predicted molar refractivity (Wildman–Crippen MR) is 61.7 cm³/mol. The molecular weight excluding hydrogens is 196 g/mol. The molecule has 1 unspecified atom stereocenters. The van der Waals surface area contributed by atoms with Gasteiger partial charge in [-0.15, -0.1) is 0 Å². The molecule has 0 radical (unpaired) electrons. The molecule has 0 saturated heterocycles. The van der Waals surface area contributed by atoms with Gasteiger partial charge in [0.15, 0.2) is 5.78 Å². The number of carbonyl (C=O) groups is 2. The fourth-order valence-corrected chi connectivity index (χ4v) is 1.75. The summed E-state index contributed by atoms with van der Waals surface area (Å²) in [6, 6.07) is 0. The lowest BCUT2D eigenvalue weighted by atomic mass is 9.85. The van der Waals surface area contributed by atoms with Gasteiger partial charge in [0.05, 0.1) is 5.92 Å². The number of rotatable bonds is 6. The summed E-state index contributed by atoms with van der Waals surface area (Å²) in [7, 11) is 0. The summed E-state index contributed by atoms with van der Waals surface area (Å²) in [6.07, 6.45) is 0.488. The average molecular weight is 216 g/mol. The third-order valence-electron chi connectivity index (χ3n) is 2.13. The van der Waals surface area contributed by atoms with Crippen LogP contribution in [0.1, 0.15) is 34.1 Å². The number of ketones is 2. The van der Waals surface area contributed by atoms with Gasteiger partial charge in [0.1, 0.15) is 5.78 Å². The molecule has 0 bridgehead atoms. The molecule has 0 saturated carbocycles. The first-order valence-electron chi connectivity index (χ1n) is 5.06. The first-order valence-corrected chi connectivity index (χ1v) is 5.69. The Kier molecular flexibility index (Phi) is 6.09. The standard InChI is InChI=1S/C11H20O2S/c1-7(2)5-9(12)11(8(3)4)10(13)6-14/h7-8,11,14H,5-6H2,1-4H3. The molecular formula is C11H20O2S. The molecule has 0 aromatic heterocycles. The number of hydrogen-bond acceptors (Lipinski definition) is 3. The van der Waals surface area contributed by atoms with Crippen molar-refractivity contribution in [1.82, 2.24) is 0 Å². The van der Waals surface area contributed by atoms with E-state index in [2.05, 4.69) is 12.6 Å². The minimum absolute atomic E-state index is 0.0472. The maximum absolute atomic E-state index is 11.7. The topological polar surface area (TPSA) is 34.1 Å². The second-order valence-corrected chi connectivity index (χ2v) is 4.73. The monoisotopic (exact) mass is 216 g/mol. The van der Waals surface area contributed by atoms with Gasteiger partial charge in [-0.25, -0.2) is 0 Å². The lowest BCUT2D eigenvalue weighted by Gasteiger charge is -2.18. The average Bonchev–Trinajstić information content (AvgIpc) is 2.01. The molecule has 3 heteroatoms. The van der Waals surface area contributed by atoms with Gasteiger partial charge in [-0.2, -0.15) is 12.6 Å². The molecule has 2 nitrogen and oxygen atoms in total. The maximum atomic E-state index is 11.7. The van der Waals surface area contributed by atoms with Crippen LogP contribution in [0.4, 0.5) is 0 Å². The van der Waals surface area contributed by atoms with Gasteiger partial charge in [0, 0.05) is 12.2 Å². The minimum Gasteiger partial charge on any atom is -0.299 e. The van der Waals surface area contributed by atoms with Crippen molar-refractivity contribution in [3.05, 3.63) is 0 Å². The number of Topliss-reactive ketones (excluding diaryl/α,β-unsaturated/α-hetero) is 2. The normalized spacial score (nSPS) is 13.4. The summed E-state index contributed by atoms with van der Waals surface area (Å²) in [4.78, 5) is 23.2. The Morgan fingerprint density at radius 1 is 1.07 bits per heavy atom. The summed E-state index contributed by atoms with van der Waals surface area (Å²) in [5.74, 6) is 0.127. The van der Waals surface area contributed by atoms with Crippen LogP contribution in [0.5, 0.6) is 0 Å². The first kappa shape index (κ1) is 13.7. The molecule has 82 valence electrons. The van der Waals surface area contributed by atoms with Crippen molar-refractivity contribution >= 4 is 24.2 Å². The third kappa shape index (κ3) is 4.27. The van der Waals surface area contributed by atoms with E-state index in [9.17, 15) is 9.59 Å². The van der Waals surface area contributed by atoms with Gasteiger partial charge in [-0.1, -0.05) is 27.7 Å². The Morgan fingerprint density at radius 2 is 1.57 bits per heavy atom. The second kappa shape index (κ2) is 6.23. The molecule has 0 amide bonds. The number of thiol groups is 1. The Morgan fingerprint density at radius 3 is 1.86 bits per heavy atom. The molecule has 0 N–H and O–H groups in total. The molecule has 1 atom stereocenters. The fraction of sp³-hybridized carbons (Fsp3) is 0.818. The smallest absolute Gasteiger partial charge is 0.153 e. The van der Waals surface area contributed by atoms with Crippen molar-refractivity contribution in [2.75, 3.05) is 5.75 Å². The van der Waals surface area contributed by atoms with Gasteiger partial charge in [0.2, 0.25) is 0 Å². The molecule has 0 aliphatic heterocycles.